The molecule has 0 aliphatic heterocycles. The zero-order chi connectivity index (χ0) is 18.4. The van der Waals surface area contributed by atoms with Crippen LogP contribution in [0.3, 0.4) is 0 Å². The van der Waals surface area contributed by atoms with Crippen LogP contribution < -0.4 is 16.6 Å². The molecule has 0 aliphatic rings. The Morgan fingerprint density at radius 2 is 1.80 bits per heavy atom. The molecule has 0 saturated carbocycles. The van der Waals surface area contributed by atoms with Crippen LogP contribution in [0.4, 0.5) is 5.95 Å². The maximum Gasteiger partial charge on any atom is 0.332 e. The molecule has 132 valence electrons. The van der Waals surface area contributed by atoms with E-state index in [1.54, 1.807) is 7.05 Å². The van der Waals surface area contributed by atoms with Crippen molar-refractivity contribution in [3.63, 3.8) is 0 Å². The van der Waals surface area contributed by atoms with Crippen molar-refractivity contribution in [2.45, 2.75) is 25.8 Å². The number of imidazole rings is 1. The summed E-state index contributed by atoms with van der Waals surface area (Å²) >= 11 is 5.92. The number of rotatable bonds is 4. The number of hydrogen-bond donors (Lipinski definition) is 2. The molecule has 0 amide bonds. The highest BCUT2D eigenvalue weighted by molar-refractivity contribution is 6.30. The minimum atomic E-state index is -0.407. The van der Waals surface area contributed by atoms with Crippen LogP contribution in [0.1, 0.15) is 19.4 Å². The number of hydrogen-bond acceptors (Lipinski definition) is 4. The van der Waals surface area contributed by atoms with Crippen LogP contribution >= 0.6 is 11.6 Å². The fourth-order valence-corrected chi connectivity index (χ4v) is 2.99. The molecule has 2 N–H and O–H groups in total. The topological polar surface area (TPSA) is 84.7 Å². The lowest BCUT2D eigenvalue weighted by atomic mass is 9.95. The fourth-order valence-electron chi connectivity index (χ4n) is 2.86. The standard InChI is InChI=1S/C17H20ClN5O2/c1-17(2,9-10-5-7-11(18)8-6-10)21-15-19-12-13(20-15)22(3)16(25)23(4)14(12)24/h5-8H,9H2,1-4H3,(H2,19,20,21). The number of nitrogens with one attached hydrogen (secondary N) is 2. The molecule has 0 spiro atoms. The largest absolute Gasteiger partial charge is 0.351 e. The summed E-state index contributed by atoms with van der Waals surface area (Å²) < 4.78 is 2.41. The molecule has 0 fully saturated rings. The average Bonchev–Trinajstić information content (AvgIpc) is 2.96. The van der Waals surface area contributed by atoms with Gasteiger partial charge < -0.3 is 10.3 Å². The third-order valence-electron chi connectivity index (χ3n) is 4.11. The average molecular weight is 362 g/mol. The van der Waals surface area contributed by atoms with E-state index in [0.717, 1.165) is 16.6 Å². The second-order valence-electron chi connectivity index (χ2n) is 6.80. The smallest absolute Gasteiger partial charge is 0.332 e. The Bertz CT molecular complexity index is 1040. The number of aromatic nitrogens is 4. The van der Waals surface area contributed by atoms with Gasteiger partial charge in [-0.3, -0.25) is 13.9 Å². The zero-order valence-corrected chi connectivity index (χ0v) is 15.3. The Hall–Kier alpha value is -2.54. The first-order chi connectivity index (χ1) is 11.7. The molecule has 0 atom stereocenters. The highest BCUT2D eigenvalue weighted by atomic mass is 35.5. The molecule has 0 saturated heterocycles. The van der Waals surface area contributed by atoms with Gasteiger partial charge in [-0.15, -0.1) is 0 Å². The molecule has 0 aliphatic carbocycles. The highest BCUT2D eigenvalue weighted by Gasteiger charge is 2.21. The Morgan fingerprint density at radius 3 is 2.44 bits per heavy atom. The molecule has 3 rings (SSSR count). The van der Waals surface area contributed by atoms with Crippen molar-refractivity contribution in [1.82, 2.24) is 19.1 Å². The molecule has 1 aromatic carbocycles. The maximum absolute atomic E-state index is 12.2. The van der Waals surface area contributed by atoms with E-state index in [9.17, 15) is 9.59 Å². The summed E-state index contributed by atoms with van der Waals surface area (Å²) in [5.41, 5.74) is 0.630. The number of benzene rings is 1. The zero-order valence-electron chi connectivity index (χ0n) is 14.6. The van der Waals surface area contributed by atoms with E-state index < -0.39 is 11.2 Å². The summed E-state index contributed by atoms with van der Waals surface area (Å²) in [4.78, 5) is 31.6. The predicted molar refractivity (Wildman–Crippen MR) is 99.4 cm³/mol. The summed E-state index contributed by atoms with van der Waals surface area (Å²) in [6, 6.07) is 7.66. The Kier molecular flexibility index (Phi) is 4.20. The van der Waals surface area contributed by atoms with Gasteiger partial charge in [-0.1, -0.05) is 23.7 Å². The molecule has 3 aromatic rings. The van der Waals surface area contributed by atoms with E-state index >= 15 is 0 Å². The fraction of sp³-hybridized carbons (Fsp3) is 0.353. The lowest BCUT2D eigenvalue weighted by Crippen LogP contribution is -2.36. The molecule has 25 heavy (non-hydrogen) atoms. The molecule has 0 bridgehead atoms. The predicted octanol–water partition coefficient (Wildman–Crippen LogP) is 2.05. The van der Waals surface area contributed by atoms with Gasteiger partial charge in [0.05, 0.1) is 0 Å². The van der Waals surface area contributed by atoms with Crippen molar-refractivity contribution in [3.05, 3.63) is 55.7 Å². The monoisotopic (exact) mass is 361 g/mol. The minimum absolute atomic E-state index is 0.300. The van der Waals surface area contributed by atoms with E-state index in [1.165, 1.54) is 11.6 Å². The van der Waals surface area contributed by atoms with Crippen molar-refractivity contribution >= 4 is 28.7 Å². The van der Waals surface area contributed by atoms with Gasteiger partial charge in [0.1, 0.15) is 0 Å². The van der Waals surface area contributed by atoms with E-state index in [2.05, 4.69) is 15.3 Å². The second-order valence-corrected chi connectivity index (χ2v) is 7.24. The van der Waals surface area contributed by atoms with E-state index in [4.69, 9.17) is 11.6 Å². The van der Waals surface area contributed by atoms with Gasteiger partial charge in [-0.2, -0.15) is 4.98 Å². The van der Waals surface area contributed by atoms with Gasteiger partial charge >= 0.3 is 5.69 Å². The van der Waals surface area contributed by atoms with Crippen molar-refractivity contribution in [3.8, 4) is 0 Å². The SMILES string of the molecule is Cn1c(=O)c2[nH]c(NC(C)(C)Cc3ccc(Cl)cc3)nc2n(C)c1=O. The number of H-pyrrole nitrogens is 1. The molecule has 0 unspecified atom stereocenters. The van der Waals surface area contributed by atoms with E-state index in [0.29, 0.717) is 22.1 Å². The number of halogens is 1. The van der Waals surface area contributed by atoms with E-state index in [-0.39, 0.29) is 5.54 Å². The first-order valence-corrected chi connectivity index (χ1v) is 8.24. The van der Waals surface area contributed by atoms with Crippen molar-refractivity contribution in [2.75, 3.05) is 5.32 Å². The molecule has 7 nitrogen and oxygen atoms in total. The quantitative estimate of drug-likeness (QED) is 0.744. The summed E-state index contributed by atoms with van der Waals surface area (Å²) in [5.74, 6) is 0.451. The summed E-state index contributed by atoms with van der Waals surface area (Å²) in [6.07, 6.45) is 0.734. The normalized spacial score (nSPS) is 11.9. The van der Waals surface area contributed by atoms with Crippen LogP contribution in [0.15, 0.2) is 33.9 Å². The number of anilines is 1. The third-order valence-corrected chi connectivity index (χ3v) is 4.36. The summed E-state index contributed by atoms with van der Waals surface area (Å²) in [7, 11) is 3.04. The number of aryl methyl sites for hydroxylation is 1. The highest BCUT2D eigenvalue weighted by Crippen LogP contribution is 2.20. The minimum Gasteiger partial charge on any atom is -0.351 e. The number of fused-ring (bicyclic) bond motifs is 1. The molecule has 0 radical (unpaired) electrons. The Balaban J connectivity index is 1.93. The van der Waals surface area contributed by atoms with Crippen LogP contribution in [-0.4, -0.2) is 24.6 Å². The van der Waals surface area contributed by atoms with Crippen molar-refractivity contribution in [2.24, 2.45) is 14.1 Å². The van der Waals surface area contributed by atoms with Gasteiger partial charge in [0.15, 0.2) is 11.2 Å². The van der Waals surface area contributed by atoms with Gasteiger partial charge in [-0.05, 0) is 38.0 Å². The molecule has 8 heteroatoms. The van der Waals surface area contributed by atoms with Crippen LogP contribution in [0.5, 0.6) is 0 Å². The number of aromatic amines is 1. The van der Waals surface area contributed by atoms with Gasteiger partial charge in [-0.25, -0.2) is 4.79 Å². The first kappa shape index (κ1) is 17.3. The van der Waals surface area contributed by atoms with Gasteiger partial charge in [0.25, 0.3) is 5.56 Å². The summed E-state index contributed by atoms with van der Waals surface area (Å²) in [5, 5.41) is 4.00. The summed E-state index contributed by atoms with van der Waals surface area (Å²) in [6.45, 7) is 4.07. The van der Waals surface area contributed by atoms with Gasteiger partial charge in [0, 0.05) is 24.7 Å². The lowest BCUT2D eigenvalue weighted by Gasteiger charge is -2.26. The maximum atomic E-state index is 12.2. The van der Waals surface area contributed by atoms with Crippen LogP contribution in [0.25, 0.3) is 11.2 Å². The molecular weight excluding hydrogens is 342 g/mol. The van der Waals surface area contributed by atoms with Gasteiger partial charge in [0.2, 0.25) is 5.95 Å². The molecule has 2 aromatic heterocycles. The van der Waals surface area contributed by atoms with Crippen LogP contribution in [0.2, 0.25) is 5.02 Å². The molecule has 2 heterocycles. The second kappa shape index (κ2) is 6.07. The number of nitrogens with zero attached hydrogens (tertiary/aromatic N) is 3. The molecular formula is C17H20ClN5O2. The lowest BCUT2D eigenvalue weighted by molar-refractivity contribution is 0.559. The van der Waals surface area contributed by atoms with E-state index in [1.807, 2.05) is 38.1 Å². The van der Waals surface area contributed by atoms with Crippen LogP contribution in [-0.2, 0) is 20.5 Å². The Labute approximate surface area is 149 Å². The van der Waals surface area contributed by atoms with Crippen LogP contribution in [0, 0.1) is 0 Å². The van der Waals surface area contributed by atoms with Crippen molar-refractivity contribution in [1.29, 1.82) is 0 Å². The third kappa shape index (κ3) is 3.32. The van der Waals surface area contributed by atoms with Crippen molar-refractivity contribution < 1.29 is 0 Å². The Morgan fingerprint density at radius 1 is 1.16 bits per heavy atom. The first-order valence-electron chi connectivity index (χ1n) is 7.86.